The first-order valence-corrected chi connectivity index (χ1v) is 10.5. The second-order valence-electron chi connectivity index (χ2n) is 6.99. The third-order valence-corrected chi connectivity index (χ3v) is 5.15. The fraction of sp³-hybridized carbons (Fsp3) is 0.238. The zero-order chi connectivity index (χ0) is 22.0. The standard InChI is InChI=1S/C21H21BrFN7O/c1-3-30-11-13(9-26-30)6-18-20(28-29(2)27-18)17-5-4-16(23)7-14(17)12-31-19-8-15(22)10-25-21(19)24/h4-5,7-11H,3,6,12H2,1-2H3,(H2,24,25). The number of aromatic nitrogens is 6. The molecule has 4 aromatic rings. The Hall–Kier alpha value is -3.27. The topological polar surface area (TPSA) is 96.7 Å². The van der Waals surface area contributed by atoms with Crippen LogP contribution in [0.1, 0.15) is 23.7 Å². The van der Waals surface area contributed by atoms with Gasteiger partial charge in [-0.15, -0.1) is 0 Å². The number of nitrogens with two attached hydrogens (primary N) is 1. The van der Waals surface area contributed by atoms with Crippen LogP contribution in [0.4, 0.5) is 10.2 Å². The fourth-order valence-electron chi connectivity index (χ4n) is 3.25. The van der Waals surface area contributed by atoms with E-state index in [1.807, 2.05) is 24.0 Å². The highest BCUT2D eigenvalue weighted by Gasteiger charge is 2.18. The maximum atomic E-state index is 14.1. The molecule has 0 atom stereocenters. The van der Waals surface area contributed by atoms with Gasteiger partial charge in [0.2, 0.25) is 0 Å². The summed E-state index contributed by atoms with van der Waals surface area (Å²) in [6.07, 6.45) is 5.95. The van der Waals surface area contributed by atoms with E-state index in [1.165, 1.54) is 16.9 Å². The summed E-state index contributed by atoms with van der Waals surface area (Å²) in [5.41, 5.74) is 9.74. The maximum absolute atomic E-state index is 14.1. The molecule has 0 bridgehead atoms. The number of nitrogen functional groups attached to an aromatic ring is 1. The zero-order valence-corrected chi connectivity index (χ0v) is 18.7. The number of pyridine rings is 1. The molecule has 8 nitrogen and oxygen atoms in total. The Kier molecular flexibility index (Phi) is 5.99. The van der Waals surface area contributed by atoms with Gasteiger partial charge < -0.3 is 10.5 Å². The molecule has 3 aromatic heterocycles. The van der Waals surface area contributed by atoms with E-state index in [-0.39, 0.29) is 18.2 Å². The first-order chi connectivity index (χ1) is 14.9. The Bertz CT molecular complexity index is 1220. The van der Waals surface area contributed by atoms with E-state index in [4.69, 9.17) is 10.5 Å². The van der Waals surface area contributed by atoms with Crippen molar-refractivity contribution in [1.29, 1.82) is 0 Å². The number of aryl methyl sites for hydroxylation is 2. The SMILES string of the molecule is CCn1cc(Cc2nn(C)nc2-c2ccc(F)cc2COc2cc(Br)cnc2N)cn1. The van der Waals surface area contributed by atoms with Gasteiger partial charge in [0, 0.05) is 48.0 Å². The van der Waals surface area contributed by atoms with Gasteiger partial charge in [-0.3, -0.25) is 4.68 Å². The van der Waals surface area contributed by atoms with E-state index in [0.717, 1.165) is 27.8 Å². The summed E-state index contributed by atoms with van der Waals surface area (Å²) in [6.45, 7) is 2.92. The molecule has 10 heteroatoms. The van der Waals surface area contributed by atoms with Crippen LogP contribution in [0.15, 0.2) is 47.3 Å². The number of halogens is 2. The van der Waals surface area contributed by atoms with Gasteiger partial charge in [0.15, 0.2) is 11.6 Å². The van der Waals surface area contributed by atoms with Crippen LogP contribution in [0.3, 0.4) is 0 Å². The summed E-state index contributed by atoms with van der Waals surface area (Å²) < 4.78 is 22.5. The van der Waals surface area contributed by atoms with Crippen molar-refractivity contribution in [2.24, 2.45) is 7.05 Å². The Morgan fingerprint density at radius 1 is 1.19 bits per heavy atom. The van der Waals surface area contributed by atoms with Crippen LogP contribution in [-0.4, -0.2) is 29.8 Å². The van der Waals surface area contributed by atoms with E-state index >= 15 is 0 Å². The number of ether oxygens (including phenoxy) is 1. The Balaban J connectivity index is 1.66. The molecule has 31 heavy (non-hydrogen) atoms. The number of benzene rings is 1. The Morgan fingerprint density at radius 3 is 2.81 bits per heavy atom. The van der Waals surface area contributed by atoms with Crippen LogP contribution < -0.4 is 10.5 Å². The van der Waals surface area contributed by atoms with E-state index < -0.39 is 0 Å². The van der Waals surface area contributed by atoms with Gasteiger partial charge in [0.25, 0.3) is 0 Å². The molecule has 0 unspecified atom stereocenters. The number of hydrogen-bond acceptors (Lipinski definition) is 6. The molecular weight excluding hydrogens is 465 g/mol. The summed E-state index contributed by atoms with van der Waals surface area (Å²) in [5.74, 6) is 0.308. The van der Waals surface area contributed by atoms with Crippen molar-refractivity contribution < 1.29 is 9.13 Å². The number of anilines is 1. The lowest BCUT2D eigenvalue weighted by atomic mass is 10.0. The molecule has 0 aliphatic heterocycles. The first kappa shape index (κ1) is 21.0. The predicted molar refractivity (Wildman–Crippen MR) is 118 cm³/mol. The lowest BCUT2D eigenvalue weighted by molar-refractivity contribution is 0.306. The van der Waals surface area contributed by atoms with Crippen molar-refractivity contribution in [1.82, 2.24) is 29.8 Å². The van der Waals surface area contributed by atoms with Gasteiger partial charge in [0.05, 0.1) is 11.9 Å². The highest BCUT2D eigenvalue weighted by Crippen LogP contribution is 2.29. The molecule has 160 valence electrons. The normalized spacial score (nSPS) is 11.1. The van der Waals surface area contributed by atoms with Crippen LogP contribution in [0, 0.1) is 5.82 Å². The molecule has 0 aliphatic rings. The van der Waals surface area contributed by atoms with Gasteiger partial charge in [-0.05, 0) is 52.7 Å². The lowest BCUT2D eigenvalue weighted by Crippen LogP contribution is -2.03. The number of rotatable bonds is 7. The van der Waals surface area contributed by atoms with Crippen molar-refractivity contribution >= 4 is 21.7 Å². The lowest BCUT2D eigenvalue weighted by Gasteiger charge is -2.12. The maximum Gasteiger partial charge on any atom is 0.166 e. The molecule has 0 saturated carbocycles. The van der Waals surface area contributed by atoms with Gasteiger partial charge in [-0.25, -0.2) is 9.37 Å². The molecule has 0 fully saturated rings. The van der Waals surface area contributed by atoms with Gasteiger partial charge in [-0.2, -0.15) is 20.1 Å². The minimum Gasteiger partial charge on any atom is -0.485 e. The largest absolute Gasteiger partial charge is 0.485 e. The summed E-state index contributed by atoms with van der Waals surface area (Å²) in [5, 5.41) is 13.4. The molecule has 0 radical (unpaired) electrons. The van der Waals surface area contributed by atoms with E-state index in [1.54, 1.807) is 25.4 Å². The van der Waals surface area contributed by atoms with Gasteiger partial charge in [0.1, 0.15) is 18.1 Å². The fourth-order valence-corrected chi connectivity index (χ4v) is 3.56. The van der Waals surface area contributed by atoms with Crippen LogP contribution in [0.25, 0.3) is 11.3 Å². The zero-order valence-electron chi connectivity index (χ0n) is 17.1. The number of nitrogens with zero attached hydrogens (tertiary/aromatic N) is 6. The first-order valence-electron chi connectivity index (χ1n) is 9.67. The van der Waals surface area contributed by atoms with E-state index in [0.29, 0.717) is 23.4 Å². The Morgan fingerprint density at radius 2 is 2.03 bits per heavy atom. The quantitative estimate of drug-likeness (QED) is 0.428. The second kappa shape index (κ2) is 8.84. The molecule has 2 N–H and O–H groups in total. The van der Waals surface area contributed by atoms with Gasteiger partial charge >= 0.3 is 0 Å². The summed E-state index contributed by atoms with van der Waals surface area (Å²) >= 11 is 3.35. The van der Waals surface area contributed by atoms with Crippen LogP contribution in [0.2, 0.25) is 0 Å². The molecule has 4 rings (SSSR count). The average Bonchev–Trinajstić information content (AvgIpc) is 3.35. The molecule has 3 heterocycles. The third-order valence-electron chi connectivity index (χ3n) is 4.72. The Labute approximate surface area is 187 Å². The average molecular weight is 486 g/mol. The van der Waals surface area contributed by atoms with Crippen molar-refractivity contribution in [3.8, 4) is 17.0 Å². The highest BCUT2D eigenvalue weighted by molar-refractivity contribution is 9.10. The van der Waals surface area contributed by atoms with Crippen LogP contribution >= 0.6 is 15.9 Å². The van der Waals surface area contributed by atoms with Crippen molar-refractivity contribution in [3.63, 3.8) is 0 Å². The van der Waals surface area contributed by atoms with Crippen LogP contribution in [-0.2, 0) is 26.6 Å². The molecule has 0 aliphatic carbocycles. The minimum absolute atomic E-state index is 0.0964. The minimum atomic E-state index is -0.364. The van der Waals surface area contributed by atoms with Crippen LogP contribution in [0.5, 0.6) is 5.75 Å². The molecule has 1 aromatic carbocycles. The predicted octanol–water partition coefficient (Wildman–Crippen LogP) is 3.75. The van der Waals surface area contributed by atoms with Gasteiger partial charge in [-0.1, -0.05) is 0 Å². The summed E-state index contributed by atoms with van der Waals surface area (Å²) in [7, 11) is 1.76. The second-order valence-corrected chi connectivity index (χ2v) is 7.91. The highest BCUT2D eigenvalue weighted by atomic mass is 79.9. The number of hydrogen-bond donors (Lipinski definition) is 1. The third kappa shape index (κ3) is 4.74. The molecule has 0 saturated heterocycles. The summed E-state index contributed by atoms with van der Waals surface area (Å²) in [6, 6.07) is 6.26. The van der Waals surface area contributed by atoms with Crippen molar-refractivity contribution in [2.45, 2.75) is 26.5 Å². The molecule has 0 spiro atoms. The molecule has 0 amide bonds. The monoisotopic (exact) mass is 485 g/mol. The smallest absolute Gasteiger partial charge is 0.166 e. The van der Waals surface area contributed by atoms with E-state index in [2.05, 4.69) is 36.2 Å². The molecular formula is C21H21BrFN7O. The van der Waals surface area contributed by atoms with Crippen molar-refractivity contribution in [2.75, 3.05) is 5.73 Å². The van der Waals surface area contributed by atoms with Crippen molar-refractivity contribution in [3.05, 3.63) is 70.0 Å². The van der Waals surface area contributed by atoms with E-state index in [9.17, 15) is 4.39 Å². The summed E-state index contributed by atoms with van der Waals surface area (Å²) in [4.78, 5) is 5.57.